The van der Waals surface area contributed by atoms with E-state index in [1.54, 1.807) is 0 Å². The third kappa shape index (κ3) is 5.03. The third-order valence-electron chi connectivity index (χ3n) is 3.75. The zero-order valence-corrected chi connectivity index (χ0v) is 11.7. The number of alkyl halides is 1. The van der Waals surface area contributed by atoms with Crippen LogP contribution in [0.1, 0.15) is 33.1 Å². The summed E-state index contributed by atoms with van der Waals surface area (Å²) in [6.45, 7) is 11.9. The molecule has 1 saturated heterocycles. The summed E-state index contributed by atoms with van der Waals surface area (Å²) >= 11 is 5.80. The van der Waals surface area contributed by atoms with E-state index in [0.717, 1.165) is 18.3 Å². The van der Waals surface area contributed by atoms with Crippen molar-refractivity contribution in [3.05, 3.63) is 0 Å². The van der Waals surface area contributed by atoms with Crippen molar-refractivity contribution in [3.63, 3.8) is 0 Å². The minimum Gasteiger partial charge on any atom is -0.302 e. The van der Waals surface area contributed by atoms with E-state index in [2.05, 4.69) is 23.6 Å². The van der Waals surface area contributed by atoms with Crippen LogP contribution in [-0.2, 0) is 0 Å². The minimum absolute atomic E-state index is 0.770. The smallest absolute Gasteiger partial charge is 0.0351 e. The van der Waals surface area contributed by atoms with Crippen LogP contribution in [0.2, 0.25) is 0 Å². The summed E-state index contributed by atoms with van der Waals surface area (Å²) in [4.78, 5) is 5.14. The Hall–Kier alpha value is 0.210. The molecule has 1 aliphatic heterocycles. The number of rotatable bonds is 6. The standard InChI is InChI=1S/C13H27ClN2/c1-3-13(4-2)12-16-8-5-7-15(9-6-14)10-11-16/h13H,3-12H2,1-2H3. The maximum absolute atomic E-state index is 5.80. The van der Waals surface area contributed by atoms with Crippen LogP contribution in [0.5, 0.6) is 0 Å². The van der Waals surface area contributed by atoms with Gasteiger partial charge in [-0.3, -0.25) is 0 Å². The fourth-order valence-corrected chi connectivity index (χ4v) is 2.70. The van der Waals surface area contributed by atoms with E-state index in [1.807, 2.05) is 0 Å². The van der Waals surface area contributed by atoms with Gasteiger partial charge >= 0.3 is 0 Å². The van der Waals surface area contributed by atoms with Crippen LogP contribution in [0.4, 0.5) is 0 Å². The summed E-state index contributed by atoms with van der Waals surface area (Å²) in [6, 6.07) is 0. The molecular formula is C13H27ClN2. The Balaban J connectivity index is 2.29. The fraction of sp³-hybridized carbons (Fsp3) is 1.00. The molecule has 0 saturated carbocycles. The van der Waals surface area contributed by atoms with Gasteiger partial charge in [0.25, 0.3) is 0 Å². The van der Waals surface area contributed by atoms with Gasteiger partial charge in [-0.25, -0.2) is 0 Å². The first-order valence-corrected chi connectivity index (χ1v) is 7.34. The van der Waals surface area contributed by atoms with Gasteiger partial charge in [0.05, 0.1) is 0 Å². The van der Waals surface area contributed by atoms with Crippen molar-refractivity contribution >= 4 is 11.6 Å². The summed E-state index contributed by atoms with van der Waals surface area (Å²) in [7, 11) is 0. The molecule has 0 atom stereocenters. The second-order valence-corrected chi connectivity index (χ2v) is 5.25. The predicted octanol–water partition coefficient (Wildman–Crippen LogP) is 2.67. The molecule has 0 aromatic carbocycles. The number of hydrogen-bond acceptors (Lipinski definition) is 2. The first-order chi connectivity index (χ1) is 7.80. The second kappa shape index (κ2) is 8.32. The van der Waals surface area contributed by atoms with E-state index >= 15 is 0 Å². The van der Waals surface area contributed by atoms with E-state index in [9.17, 15) is 0 Å². The molecule has 1 heterocycles. The van der Waals surface area contributed by atoms with Crippen molar-refractivity contribution in [1.29, 1.82) is 0 Å². The summed E-state index contributed by atoms with van der Waals surface area (Å²) < 4.78 is 0. The predicted molar refractivity (Wildman–Crippen MR) is 72.3 cm³/mol. The van der Waals surface area contributed by atoms with E-state index in [-0.39, 0.29) is 0 Å². The maximum atomic E-state index is 5.80. The molecule has 0 N–H and O–H groups in total. The van der Waals surface area contributed by atoms with Crippen LogP contribution < -0.4 is 0 Å². The van der Waals surface area contributed by atoms with Crippen molar-refractivity contribution in [2.24, 2.45) is 5.92 Å². The molecule has 96 valence electrons. The van der Waals surface area contributed by atoms with Crippen LogP contribution in [0.25, 0.3) is 0 Å². The Morgan fingerprint density at radius 3 is 2.25 bits per heavy atom. The number of halogens is 1. The Labute approximate surface area is 106 Å². The lowest BCUT2D eigenvalue weighted by Crippen LogP contribution is -2.34. The number of nitrogens with zero attached hydrogens (tertiary/aromatic N) is 2. The van der Waals surface area contributed by atoms with Crippen molar-refractivity contribution in [3.8, 4) is 0 Å². The molecule has 1 fully saturated rings. The maximum Gasteiger partial charge on any atom is 0.0351 e. The van der Waals surface area contributed by atoms with Crippen molar-refractivity contribution < 1.29 is 0 Å². The molecule has 0 aliphatic carbocycles. The summed E-state index contributed by atoms with van der Waals surface area (Å²) in [5, 5.41) is 0. The van der Waals surface area contributed by atoms with E-state index in [4.69, 9.17) is 11.6 Å². The average molecular weight is 247 g/mol. The molecule has 0 aromatic rings. The molecule has 0 bridgehead atoms. The van der Waals surface area contributed by atoms with Gasteiger partial charge in [0.2, 0.25) is 0 Å². The van der Waals surface area contributed by atoms with Crippen molar-refractivity contribution in [1.82, 2.24) is 9.80 Å². The quantitative estimate of drug-likeness (QED) is 0.665. The molecule has 16 heavy (non-hydrogen) atoms. The highest BCUT2D eigenvalue weighted by Crippen LogP contribution is 2.12. The van der Waals surface area contributed by atoms with Crippen LogP contribution in [0.15, 0.2) is 0 Å². The highest BCUT2D eigenvalue weighted by Gasteiger charge is 2.16. The summed E-state index contributed by atoms with van der Waals surface area (Å²) in [5.74, 6) is 1.66. The molecule has 2 nitrogen and oxygen atoms in total. The number of hydrogen-bond donors (Lipinski definition) is 0. The lowest BCUT2D eigenvalue weighted by Gasteiger charge is -2.25. The van der Waals surface area contributed by atoms with Crippen LogP contribution in [0.3, 0.4) is 0 Å². The monoisotopic (exact) mass is 246 g/mol. The lowest BCUT2D eigenvalue weighted by molar-refractivity contribution is 0.224. The third-order valence-corrected chi connectivity index (χ3v) is 3.92. The molecular weight excluding hydrogens is 220 g/mol. The second-order valence-electron chi connectivity index (χ2n) is 4.87. The zero-order valence-electron chi connectivity index (χ0n) is 10.9. The van der Waals surface area contributed by atoms with Gasteiger partial charge in [0, 0.05) is 32.1 Å². The van der Waals surface area contributed by atoms with Gasteiger partial charge in [-0.15, -0.1) is 11.6 Å². The zero-order chi connectivity index (χ0) is 11.8. The first-order valence-electron chi connectivity index (χ1n) is 6.80. The van der Waals surface area contributed by atoms with Crippen LogP contribution in [0, 0.1) is 5.92 Å². The Kier molecular flexibility index (Phi) is 7.42. The summed E-state index contributed by atoms with van der Waals surface area (Å²) in [5.41, 5.74) is 0. The molecule has 0 spiro atoms. The molecule has 1 aliphatic rings. The van der Waals surface area contributed by atoms with Crippen molar-refractivity contribution in [2.45, 2.75) is 33.1 Å². The molecule has 0 radical (unpaired) electrons. The Bertz CT molecular complexity index is 171. The van der Waals surface area contributed by atoms with Crippen molar-refractivity contribution in [2.75, 3.05) is 45.1 Å². The largest absolute Gasteiger partial charge is 0.302 e. The Morgan fingerprint density at radius 1 is 1.00 bits per heavy atom. The summed E-state index contributed by atoms with van der Waals surface area (Å²) in [6.07, 6.45) is 3.94. The van der Waals surface area contributed by atoms with Gasteiger partial charge < -0.3 is 9.80 Å². The average Bonchev–Trinajstić information content (AvgIpc) is 2.52. The SMILES string of the molecule is CCC(CC)CN1CCCN(CCCl)CC1. The highest BCUT2D eigenvalue weighted by molar-refractivity contribution is 6.18. The molecule has 3 heteroatoms. The van der Waals surface area contributed by atoms with Gasteiger partial charge in [0.1, 0.15) is 0 Å². The molecule has 1 rings (SSSR count). The molecule has 0 amide bonds. The molecule has 0 unspecified atom stereocenters. The topological polar surface area (TPSA) is 6.48 Å². The van der Waals surface area contributed by atoms with Gasteiger partial charge in [0.15, 0.2) is 0 Å². The Morgan fingerprint density at radius 2 is 1.62 bits per heavy atom. The molecule has 0 aromatic heterocycles. The van der Waals surface area contributed by atoms with Crippen LogP contribution >= 0.6 is 11.6 Å². The van der Waals surface area contributed by atoms with E-state index < -0.39 is 0 Å². The minimum atomic E-state index is 0.770. The first kappa shape index (κ1) is 14.3. The van der Waals surface area contributed by atoms with E-state index in [0.29, 0.717) is 0 Å². The van der Waals surface area contributed by atoms with Gasteiger partial charge in [-0.1, -0.05) is 26.7 Å². The van der Waals surface area contributed by atoms with E-state index in [1.165, 1.54) is 52.0 Å². The fourth-order valence-electron chi connectivity index (χ4n) is 2.46. The van der Waals surface area contributed by atoms with Gasteiger partial charge in [-0.2, -0.15) is 0 Å². The van der Waals surface area contributed by atoms with Crippen LogP contribution in [-0.4, -0.2) is 54.9 Å². The normalized spacial score (nSPS) is 20.2. The highest BCUT2D eigenvalue weighted by atomic mass is 35.5. The van der Waals surface area contributed by atoms with Gasteiger partial charge in [-0.05, 0) is 25.4 Å². The lowest BCUT2D eigenvalue weighted by atomic mass is 10.0.